The van der Waals surface area contributed by atoms with Crippen molar-refractivity contribution in [1.29, 1.82) is 0 Å². The number of benzene rings is 3. The summed E-state index contributed by atoms with van der Waals surface area (Å²) in [5.74, 6) is 0.374. The molecule has 1 heterocycles. The molecule has 0 aliphatic carbocycles. The molecule has 0 spiro atoms. The Labute approximate surface area is 224 Å². The van der Waals surface area contributed by atoms with E-state index in [1.54, 1.807) is 37.3 Å². The van der Waals surface area contributed by atoms with Crippen LogP contribution in [0.1, 0.15) is 29.2 Å². The molecule has 8 nitrogen and oxygen atoms in total. The number of halogens is 2. The van der Waals surface area contributed by atoms with Gasteiger partial charge in [-0.15, -0.1) is 0 Å². The van der Waals surface area contributed by atoms with Crippen LogP contribution in [0, 0.1) is 17.0 Å². The van der Waals surface area contributed by atoms with E-state index in [-0.39, 0.29) is 17.3 Å². The van der Waals surface area contributed by atoms with Gasteiger partial charge in [0.15, 0.2) is 17.2 Å². The number of rotatable bonds is 8. The molecule has 0 N–H and O–H groups in total. The highest BCUT2D eigenvalue weighted by Crippen LogP contribution is 2.38. The maximum atomic E-state index is 12.5. The molecule has 0 amide bonds. The molecular formula is C26H20Br2N2O6. The molecule has 36 heavy (non-hydrogen) atoms. The van der Waals surface area contributed by atoms with Gasteiger partial charge in [0.25, 0.3) is 5.69 Å². The molecule has 3 aromatic rings. The number of esters is 1. The van der Waals surface area contributed by atoms with Crippen molar-refractivity contribution in [2.24, 2.45) is 4.99 Å². The fraction of sp³-hybridized carbons (Fsp3) is 0.154. The summed E-state index contributed by atoms with van der Waals surface area (Å²) in [6, 6.07) is 15.8. The van der Waals surface area contributed by atoms with Crippen LogP contribution in [0.25, 0.3) is 6.08 Å². The molecule has 0 saturated heterocycles. The molecule has 0 fully saturated rings. The molecule has 4 rings (SSSR count). The Morgan fingerprint density at radius 3 is 2.58 bits per heavy atom. The fourth-order valence-electron chi connectivity index (χ4n) is 3.47. The molecule has 184 valence electrons. The predicted octanol–water partition coefficient (Wildman–Crippen LogP) is 6.75. The smallest absolute Gasteiger partial charge is 0.363 e. The second-order valence-corrected chi connectivity index (χ2v) is 9.45. The maximum absolute atomic E-state index is 12.5. The Kier molecular flexibility index (Phi) is 7.85. The number of nitro benzene ring substituents is 1. The molecule has 3 aromatic carbocycles. The Bertz CT molecular complexity index is 1420. The number of hydrogen-bond donors (Lipinski definition) is 0. The van der Waals surface area contributed by atoms with Gasteiger partial charge in [0.2, 0.25) is 5.90 Å². The number of aliphatic imine (C=N–C) groups is 1. The van der Waals surface area contributed by atoms with Crippen molar-refractivity contribution in [1.82, 2.24) is 0 Å². The van der Waals surface area contributed by atoms with Crippen molar-refractivity contribution in [2.75, 3.05) is 6.61 Å². The Morgan fingerprint density at radius 2 is 1.86 bits per heavy atom. The summed E-state index contributed by atoms with van der Waals surface area (Å²) in [5.41, 5.74) is 2.43. The highest BCUT2D eigenvalue weighted by Gasteiger charge is 2.26. The lowest BCUT2D eigenvalue weighted by Gasteiger charge is -2.15. The normalized spacial score (nSPS) is 13.9. The van der Waals surface area contributed by atoms with E-state index in [4.69, 9.17) is 14.2 Å². The van der Waals surface area contributed by atoms with E-state index in [2.05, 4.69) is 36.9 Å². The Morgan fingerprint density at radius 1 is 1.08 bits per heavy atom. The van der Waals surface area contributed by atoms with Crippen LogP contribution in [-0.4, -0.2) is 23.4 Å². The number of nitrogens with zero attached hydrogens (tertiary/aromatic N) is 2. The molecular weight excluding hydrogens is 596 g/mol. The number of aryl methyl sites for hydroxylation is 1. The first kappa shape index (κ1) is 25.6. The summed E-state index contributed by atoms with van der Waals surface area (Å²) in [6.45, 7) is 4.23. The lowest BCUT2D eigenvalue weighted by atomic mass is 10.1. The second-order valence-electron chi connectivity index (χ2n) is 7.74. The standard InChI is InChI=1S/C26H20Br2N2O6/c1-3-34-23-12-16(10-20(28)24(23)35-14-18-6-4-5-7-19(18)27)11-21-26(31)36-25(29-21)17-9-8-15(2)22(13-17)30(32)33/h4-13H,3,14H2,1-2H3/b21-11-. The van der Waals surface area contributed by atoms with E-state index < -0.39 is 10.9 Å². The predicted molar refractivity (Wildman–Crippen MR) is 142 cm³/mol. The van der Waals surface area contributed by atoms with Gasteiger partial charge in [-0.1, -0.05) is 40.2 Å². The van der Waals surface area contributed by atoms with Gasteiger partial charge in [0, 0.05) is 27.2 Å². The lowest BCUT2D eigenvalue weighted by molar-refractivity contribution is -0.385. The van der Waals surface area contributed by atoms with Gasteiger partial charge < -0.3 is 14.2 Å². The van der Waals surface area contributed by atoms with Crippen molar-refractivity contribution in [3.8, 4) is 11.5 Å². The minimum Gasteiger partial charge on any atom is -0.490 e. The van der Waals surface area contributed by atoms with Crippen molar-refractivity contribution in [3.05, 3.63) is 102 Å². The molecule has 0 radical (unpaired) electrons. The molecule has 0 atom stereocenters. The van der Waals surface area contributed by atoms with Gasteiger partial charge in [0.1, 0.15) is 6.61 Å². The lowest BCUT2D eigenvalue weighted by Crippen LogP contribution is -2.06. The SMILES string of the molecule is CCOc1cc(/C=C2\N=C(c3ccc(C)c([N+](=O)[O-])c3)OC2=O)cc(Br)c1OCc1ccccc1Br. The van der Waals surface area contributed by atoms with Crippen LogP contribution in [-0.2, 0) is 16.1 Å². The van der Waals surface area contributed by atoms with Crippen LogP contribution in [0.2, 0.25) is 0 Å². The highest BCUT2D eigenvalue weighted by molar-refractivity contribution is 9.10. The van der Waals surface area contributed by atoms with Crippen LogP contribution >= 0.6 is 31.9 Å². The number of hydrogen-bond acceptors (Lipinski definition) is 7. The summed E-state index contributed by atoms with van der Waals surface area (Å²) in [6.07, 6.45) is 1.56. The van der Waals surface area contributed by atoms with Gasteiger partial charge in [-0.05, 0) is 65.7 Å². The summed E-state index contributed by atoms with van der Waals surface area (Å²) in [4.78, 5) is 27.5. The van der Waals surface area contributed by atoms with E-state index >= 15 is 0 Å². The molecule has 0 bridgehead atoms. The second kappa shape index (κ2) is 11.0. The fourth-order valence-corrected chi connectivity index (χ4v) is 4.44. The van der Waals surface area contributed by atoms with Crippen LogP contribution in [0.15, 0.2) is 74.2 Å². The van der Waals surface area contributed by atoms with Crippen LogP contribution in [0.5, 0.6) is 11.5 Å². The highest BCUT2D eigenvalue weighted by atomic mass is 79.9. The summed E-state index contributed by atoms with van der Waals surface area (Å²) in [7, 11) is 0. The number of nitro groups is 1. The zero-order valence-corrected chi connectivity index (χ0v) is 22.5. The number of cyclic esters (lactones) is 1. The molecule has 0 saturated carbocycles. The van der Waals surface area contributed by atoms with Gasteiger partial charge in [-0.25, -0.2) is 9.79 Å². The minimum atomic E-state index is -0.656. The average Bonchev–Trinajstić information content (AvgIpc) is 3.20. The van der Waals surface area contributed by atoms with Crippen LogP contribution < -0.4 is 9.47 Å². The molecule has 0 unspecified atom stereocenters. The first-order valence-electron chi connectivity index (χ1n) is 10.9. The molecule has 10 heteroatoms. The quantitative estimate of drug-likeness (QED) is 0.120. The number of ether oxygens (including phenoxy) is 3. The summed E-state index contributed by atoms with van der Waals surface area (Å²) < 4.78 is 18.7. The number of carbonyl (C=O) groups excluding carboxylic acids is 1. The third-order valence-electron chi connectivity index (χ3n) is 5.24. The largest absolute Gasteiger partial charge is 0.490 e. The molecule has 1 aliphatic heterocycles. The van der Waals surface area contributed by atoms with Crippen LogP contribution in [0.3, 0.4) is 0 Å². The van der Waals surface area contributed by atoms with E-state index in [0.717, 1.165) is 10.0 Å². The zero-order chi connectivity index (χ0) is 25.8. The first-order valence-corrected chi connectivity index (χ1v) is 12.5. The van der Waals surface area contributed by atoms with Gasteiger partial charge in [-0.2, -0.15) is 0 Å². The van der Waals surface area contributed by atoms with Crippen molar-refractivity contribution in [2.45, 2.75) is 20.5 Å². The third kappa shape index (κ3) is 5.66. The monoisotopic (exact) mass is 614 g/mol. The van der Waals surface area contributed by atoms with E-state index in [1.165, 1.54) is 6.07 Å². The van der Waals surface area contributed by atoms with Crippen molar-refractivity contribution < 1.29 is 23.9 Å². The summed E-state index contributed by atoms with van der Waals surface area (Å²) >= 11 is 7.06. The average molecular weight is 616 g/mol. The summed E-state index contributed by atoms with van der Waals surface area (Å²) in [5, 5.41) is 11.3. The maximum Gasteiger partial charge on any atom is 0.363 e. The molecule has 0 aromatic heterocycles. The minimum absolute atomic E-state index is 0.00633. The van der Waals surface area contributed by atoms with Crippen molar-refractivity contribution >= 4 is 55.5 Å². The van der Waals surface area contributed by atoms with Crippen molar-refractivity contribution in [3.63, 3.8) is 0 Å². The Hall–Kier alpha value is -3.50. The van der Waals surface area contributed by atoms with Gasteiger partial charge in [-0.3, -0.25) is 10.1 Å². The zero-order valence-electron chi connectivity index (χ0n) is 19.3. The topological polar surface area (TPSA) is 100 Å². The first-order chi connectivity index (χ1) is 17.3. The van der Waals surface area contributed by atoms with E-state index in [0.29, 0.717) is 45.9 Å². The van der Waals surface area contributed by atoms with Gasteiger partial charge >= 0.3 is 5.97 Å². The third-order valence-corrected chi connectivity index (χ3v) is 6.60. The Balaban J connectivity index is 1.63. The van der Waals surface area contributed by atoms with Crippen LogP contribution in [0.4, 0.5) is 5.69 Å². The van der Waals surface area contributed by atoms with Gasteiger partial charge in [0.05, 0.1) is 16.0 Å². The number of carbonyl (C=O) groups is 1. The van der Waals surface area contributed by atoms with E-state index in [9.17, 15) is 14.9 Å². The van der Waals surface area contributed by atoms with E-state index in [1.807, 2.05) is 31.2 Å². The molecule has 1 aliphatic rings.